The fourth-order valence-corrected chi connectivity index (χ4v) is 3.13. The fraction of sp³-hybridized carbons (Fsp3) is 0.222. The summed E-state index contributed by atoms with van der Waals surface area (Å²) in [5.74, 6) is -0.545. The highest BCUT2D eigenvalue weighted by Crippen LogP contribution is 2.14. The van der Waals surface area contributed by atoms with Crippen molar-refractivity contribution in [3.8, 4) is 0 Å². The van der Waals surface area contributed by atoms with Gasteiger partial charge in [0, 0.05) is 15.8 Å². The monoisotopic (exact) mass is 468 g/mol. The number of hydrogen-bond acceptors (Lipinski definition) is 5. The van der Waals surface area contributed by atoms with Gasteiger partial charge in [-0.05, 0) is 55.1 Å². The molecule has 2 rings (SSSR count). The lowest BCUT2D eigenvalue weighted by molar-refractivity contribution is -0.119. The number of likely N-dealkylation sites (N-methyl/N-ethyl adjacent to an activating group) is 1. The maximum Gasteiger partial charge on any atom is 0.238 e. The minimum absolute atomic E-state index is 0.0151. The van der Waals surface area contributed by atoms with Crippen LogP contribution in [0.15, 0.2) is 57.9 Å². The molecule has 28 heavy (non-hydrogen) atoms. The van der Waals surface area contributed by atoms with Crippen LogP contribution in [0, 0.1) is 0 Å². The number of amides is 2. The molecule has 0 aliphatic rings. The number of primary sulfonamides is 1. The Morgan fingerprint density at radius 2 is 1.36 bits per heavy atom. The summed E-state index contributed by atoms with van der Waals surface area (Å²) in [6.07, 6.45) is 0. The molecule has 0 saturated carbocycles. The van der Waals surface area contributed by atoms with Crippen LogP contribution >= 0.6 is 15.9 Å². The second kappa shape index (κ2) is 9.78. The number of halogens is 1. The summed E-state index contributed by atoms with van der Waals surface area (Å²) in [5, 5.41) is 10.5. The molecule has 2 aromatic carbocycles. The number of hydrogen-bond donors (Lipinski definition) is 3. The van der Waals surface area contributed by atoms with E-state index >= 15 is 0 Å². The lowest BCUT2D eigenvalue weighted by Gasteiger charge is -2.19. The number of carbonyl (C=O) groups is 2. The molecule has 0 fully saturated rings. The van der Waals surface area contributed by atoms with Crippen molar-refractivity contribution in [3.63, 3.8) is 0 Å². The second-order valence-electron chi connectivity index (χ2n) is 5.98. The minimum Gasteiger partial charge on any atom is -0.325 e. The van der Waals surface area contributed by atoms with E-state index in [4.69, 9.17) is 5.14 Å². The van der Waals surface area contributed by atoms with Gasteiger partial charge in [0.15, 0.2) is 0 Å². The molecule has 0 atom stereocenters. The number of anilines is 2. The number of nitrogens with one attached hydrogen (secondary N) is 2. The van der Waals surface area contributed by atoms with Crippen LogP contribution < -0.4 is 15.8 Å². The third-order valence-corrected chi connectivity index (χ3v) is 5.23. The first-order valence-corrected chi connectivity index (χ1v) is 10.7. The van der Waals surface area contributed by atoms with Crippen LogP contribution in [-0.2, 0) is 19.6 Å². The van der Waals surface area contributed by atoms with E-state index in [1.807, 2.05) is 19.1 Å². The quantitative estimate of drug-likeness (QED) is 0.546. The summed E-state index contributed by atoms with van der Waals surface area (Å²) in [6, 6.07) is 12.7. The Kier molecular flexibility index (Phi) is 7.69. The molecule has 2 aromatic rings. The van der Waals surface area contributed by atoms with Crippen molar-refractivity contribution in [3.05, 3.63) is 53.0 Å². The topological polar surface area (TPSA) is 122 Å². The molecule has 0 aliphatic carbocycles. The third kappa shape index (κ3) is 7.04. The summed E-state index contributed by atoms with van der Waals surface area (Å²) in [6.45, 7) is 2.43. The van der Waals surface area contributed by atoms with E-state index in [1.165, 1.54) is 24.3 Å². The molecular formula is C18H21BrN4O4S. The van der Waals surface area contributed by atoms with Gasteiger partial charge in [0.2, 0.25) is 21.8 Å². The molecule has 0 bridgehead atoms. The van der Waals surface area contributed by atoms with E-state index in [9.17, 15) is 18.0 Å². The smallest absolute Gasteiger partial charge is 0.238 e. The largest absolute Gasteiger partial charge is 0.325 e. The Morgan fingerprint density at radius 1 is 0.929 bits per heavy atom. The first-order chi connectivity index (χ1) is 13.2. The lowest BCUT2D eigenvalue weighted by Crippen LogP contribution is -2.38. The maximum absolute atomic E-state index is 12.2. The third-order valence-electron chi connectivity index (χ3n) is 3.78. The van der Waals surface area contributed by atoms with E-state index in [0.29, 0.717) is 17.9 Å². The van der Waals surface area contributed by atoms with Crippen LogP contribution in [0.5, 0.6) is 0 Å². The number of carbonyl (C=O) groups excluding carboxylic acids is 2. The molecule has 4 N–H and O–H groups in total. The van der Waals surface area contributed by atoms with Gasteiger partial charge < -0.3 is 10.6 Å². The van der Waals surface area contributed by atoms with Gasteiger partial charge in [-0.2, -0.15) is 0 Å². The molecule has 0 spiro atoms. The van der Waals surface area contributed by atoms with Gasteiger partial charge in [0.05, 0.1) is 18.0 Å². The first kappa shape index (κ1) is 22.0. The zero-order valence-corrected chi connectivity index (χ0v) is 17.6. The standard InChI is InChI=1S/C18H21BrN4O4S/c1-2-23(11-17(24)21-14-5-3-13(19)4-6-14)12-18(25)22-15-7-9-16(10-8-15)28(20,26)27/h3-10H,2,11-12H2,1H3,(H,21,24)(H,22,25)(H2,20,26,27). The van der Waals surface area contributed by atoms with Crippen LogP contribution in [-0.4, -0.2) is 44.8 Å². The Bertz CT molecular complexity index is 931. The number of rotatable bonds is 8. The Morgan fingerprint density at radius 3 is 1.75 bits per heavy atom. The maximum atomic E-state index is 12.2. The molecule has 0 radical (unpaired) electrons. The predicted molar refractivity (Wildman–Crippen MR) is 111 cm³/mol. The SMILES string of the molecule is CCN(CC(=O)Nc1ccc(Br)cc1)CC(=O)Nc1ccc(S(N)(=O)=O)cc1. The van der Waals surface area contributed by atoms with Crippen molar-refractivity contribution in [2.24, 2.45) is 5.14 Å². The molecule has 8 nitrogen and oxygen atoms in total. The molecule has 0 heterocycles. The molecule has 150 valence electrons. The Balaban J connectivity index is 1.88. The highest BCUT2D eigenvalue weighted by molar-refractivity contribution is 9.10. The van der Waals surface area contributed by atoms with Crippen LogP contribution in [0.1, 0.15) is 6.92 Å². The van der Waals surface area contributed by atoms with Gasteiger partial charge in [-0.15, -0.1) is 0 Å². The van der Waals surface area contributed by atoms with Crippen molar-refractivity contribution in [1.29, 1.82) is 0 Å². The van der Waals surface area contributed by atoms with Gasteiger partial charge >= 0.3 is 0 Å². The van der Waals surface area contributed by atoms with Crippen LogP contribution in [0.4, 0.5) is 11.4 Å². The average molecular weight is 469 g/mol. The zero-order valence-electron chi connectivity index (χ0n) is 15.2. The first-order valence-electron chi connectivity index (χ1n) is 8.38. The van der Waals surface area contributed by atoms with Crippen molar-refractivity contribution in [2.75, 3.05) is 30.3 Å². The van der Waals surface area contributed by atoms with E-state index < -0.39 is 10.0 Å². The second-order valence-corrected chi connectivity index (χ2v) is 8.45. The molecule has 0 aliphatic heterocycles. The summed E-state index contributed by atoms with van der Waals surface area (Å²) in [5.41, 5.74) is 1.11. The van der Waals surface area contributed by atoms with Gasteiger partial charge in [-0.1, -0.05) is 22.9 Å². The summed E-state index contributed by atoms with van der Waals surface area (Å²) < 4.78 is 23.4. The van der Waals surface area contributed by atoms with Crippen molar-refractivity contribution in [2.45, 2.75) is 11.8 Å². The van der Waals surface area contributed by atoms with Gasteiger partial charge in [0.1, 0.15) is 0 Å². The van der Waals surface area contributed by atoms with Crippen LogP contribution in [0.2, 0.25) is 0 Å². The lowest BCUT2D eigenvalue weighted by atomic mass is 10.3. The molecule has 10 heteroatoms. The molecular weight excluding hydrogens is 448 g/mol. The molecule has 0 aromatic heterocycles. The van der Waals surface area contributed by atoms with E-state index in [-0.39, 0.29) is 29.8 Å². The van der Waals surface area contributed by atoms with Gasteiger partial charge in [-0.3, -0.25) is 14.5 Å². The number of nitrogens with zero attached hydrogens (tertiary/aromatic N) is 1. The van der Waals surface area contributed by atoms with Gasteiger partial charge in [0.25, 0.3) is 0 Å². The summed E-state index contributed by atoms with van der Waals surface area (Å²) >= 11 is 3.33. The Hall–Kier alpha value is -2.27. The van der Waals surface area contributed by atoms with E-state index in [2.05, 4.69) is 26.6 Å². The highest BCUT2D eigenvalue weighted by Gasteiger charge is 2.14. The normalized spacial score (nSPS) is 11.3. The van der Waals surface area contributed by atoms with E-state index in [1.54, 1.807) is 17.0 Å². The number of nitrogens with two attached hydrogens (primary N) is 1. The fourth-order valence-electron chi connectivity index (χ4n) is 2.35. The minimum atomic E-state index is -3.78. The summed E-state index contributed by atoms with van der Waals surface area (Å²) in [7, 11) is -3.78. The summed E-state index contributed by atoms with van der Waals surface area (Å²) in [4.78, 5) is 26.0. The highest BCUT2D eigenvalue weighted by atomic mass is 79.9. The molecule has 0 saturated heterocycles. The molecule has 2 amide bonds. The van der Waals surface area contributed by atoms with Crippen LogP contribution in [0.3, 0.4) is 0 Å². The van der Waals surface area contributed by atoms with Crippen LogP contribution in [0.25, 0.3) is 0 Å². The van der Waals surface area contributed by atoms with E-state index in [0.717, 1.165) is 4.47 Å². The number of benzene rings is 2. The van der Waals surface area contributed by atoms with Crippen molar-refractivity contribution < 1.29 is 18.0 Å². The zero-order chi connectivity index (χ0) is 20.7. The predicted octanol–water partition coefficient (Wildman–Crippen LogP) is 2.00. The van der Waals surface area contributed by atoms with Crippen molar-refractivity contribution in [1.82, 2.24) is 4.90 Å². The number of sulfonamides is 1. The molecule has 0 unspecified atom stereocenters. The Labute approximate surface area is 172 Å². The van der Waals surface area contributed by atoms with Gasteiger partial charge in [-0.25, -0.2) is 13.6 Å². The van der Waals surface area contributed by atoms with Crippen molar-refractivity contribution >= 4 is 49.1 Å². The average Bonchev–Trinajstić information content (AvgIpc) is 2.62.